The zero-order chi connectivity index (χ0) is 58.2. The predicted octanol–water partition coefficient (Wildman–Crippen LogP) is 13.5. The zero-order valence-electron chi connectivity index (χ0n) is 55.0. The first kappa shape index (κ1) is 83.6. The van der Waals surface area contributed by atoms with Gasteiger partial charge in [0.1, 0.15) is 0 Å². The molecule has 0 bridgehead atoms. The number of hydrogen-bond donors (Lipinski definition) is 4. The number of urea groups is 2. The van der Waals surface area contributed by atoms with E-state index in [1.54, 1.807) is 0 Å². The Morgan fingerprint density at radius 1 is 0.293 bits per heavy atom. The number of carbonyl (C=O) groups excluding carboxylic acids is 2. The molecule has 0 fully saturated rings. The number of halogens is 2. The van der Waals surface area contributed by atoms with Crippen molar-refractivity contribution in [2.24, 2.45) is 0 Å². The molecule has 0 aliphatic heterocycles. The summed E-state index contributed by atoms with van der Waals surface area (Å²) >= 11 is 0. The van der Waals surface area contributed by atoms with Crippen LogP contribution in [-0.2, 0) is 0 Å². The van der Waals surface area contributed by atoms with E-state index in [1.165, 1.54) is 186 Å². The Hall–Kier alpha value is -4.88. The van der Waals surface area contributed by atoms with Gasteiger partial charge in [0, 0.05) is 22.7 Å². The summed E-state index contributed by atoms with van der Waals surface area (Å²) in [5.41, 5.74) is 8.21. The van der Waals surface area contributed by atoms with Crippen LogP contribution in [0.15, 0.2) is 97.1 Å². The maximum absolute atomic E-state index is 12.0. The van der Waals surface area contributed by atoms with Crippen molar-refractivity contribution in [1.29, 1.82) is 0 Å². The predicted molar refractivity (Wildman–Crippen MR) is 353 cm³/mol. The van der Waals surface area contributed by atoms with Gasteiger partial charge in [-0.15, -0.1) is 0 Å². The smallest absolute Gasteiger partial charge is 0.323 e. The maximum atomic E-state index is 12.0. The SMILES string of the molecule is CC(C)c1ccc(NC(=O)Nc2ccc(C(C)C)cc2)cc1.CC(C)c1ccc(NC(=O)Nc2ccc(C(C)C)cc2)cc1.CCCC[N+](CCCC)(CCCC)CCCC.CCCC[N+](CCCC)(CCCC)CCCC.O.O.[F-].[F-]. The number of nitrogens with one attached hydrogen (secondary N) is 4. The number of anilines is 4. The van der Waals surface area contributed by atoms with Crippen LogP contribution in [0.2, 0.25) is 0 Å². The largest absolute Gasteiger partial charge is 1.00 e. The van der Waals surface area contributed by atoms with Crippen molar-refractivity contribution in [2.75, 3.05) is 73.6 Å². The Bertz CT molecular complexity index is 1760. The molecule has 0 aromatic heterocycles. The Morgan fingerprint density at radius 3 is 0.537 bits per heavy atom. The molecule has 0 unspecified atom stereocenters. The monoisotopic (exact) mass is 1150 g/mol. The Balaban J connectivity index is -0.000000491. The normalized spacial score (nSPS) is 10.8. The van der Waals surface area contributed by atoms with Crippen molar-refractivity contribution in [3.05, 3.63) is 119 Å². The van der Waals surface area contributed by atoms with E-state index >= 15 is 0 Å². The van der Waals surface area contributed by atoms with Crippen molar-refractivity contribution in [2.45, 2.75) is 237 Å². The number of rotatable bonds is 32. The summed E-state index contributed by atoms with van der Waals surface area (Å²) in [6.45, 7) is 47.2. The van der Waals surface area contributed by atoms with E-state index < -0.39 is 0 Å². The Morgan fingerprint density at radius 2 is 0.427 bits per heavy atom. The molecule has 12 heteroatoms. The number of benzene rings is 4. The lowest BCUT2D eigenvalue weighted by Crippen LogP contribution is -3.00. The molecule has 0 spiro atoms. The zero-order valence-corrected chi connectivity index (χ0v) is 55.0. The second-order valence-corrected chi connectivity index (χ2v) is 23.6. The lowest BCUT2D eigenvalue weighted by molar-refractivity contribution is -0.929. The number of nitrogens with zero attached hydrogens (tertiary/aromatic N) is 2. The molecule has 4 aromatic rings. The lowest BCUT2D eigenvalue weighted by atomic mass is 10.0. The molecule has 4 amide bonds. The summed E-state index contributed by atoms with van der Waals surface area (Å²) in [5.74, 6) is 1.95. The van der Waals surface area contributed by atoms with Crippen LogP contribution in [0.5, 0.6) is 0 Å². The van der Waals surface area contributed by atoms with Gasteiger partial charge in [-0.1, -0.05) is 211 Å². The van der Waals surface area contributed by atoms with Gasteiger partial charge in [-0.2, -0.15) is 0 Å². The standard InChI is InChI=1S/2C19H24N2O.2C16H36N.2FH.2H2O/c2*1-13(2)15-5-9-17(10-6-15)20-19(22)21-18-11-7-16(8-12-18)14(3)4;2*1-5-9-13-17(14-10-6-2,15-11-7-3)16-12-8-4;;;;/h2*5-14H,1-4H3,(H2,20,21,22);2*5-16H2,1-4H3;2*1H;2*1H2/q;;2*+1;;;;/p-2. The third-order valence-electron chi connectivity index (χ3n) is 15.2. The lowest BCUT2D eigenvalue weighted by Gasteiger charge is -2.39. The minimum Gasteiger partial charge on any atom is -1.00 e. The van der Waals surface area contributed by atoms with E-state index in [2.05, 4.69) is 132 Å². The highest BCUT2D eigenvalue weighted by Gasteiger charge is 2.26. The first-order valence-corrected chi connectivity index (χ1v) is 31.7. The average Bonchev–Trinajstić information content (AvgIpc) is 3.43. The molecule has 0 radical (unpaired) electrons. The molecule has 0 aliphatic carbocycles. The van der Waals surface area contributed by atoms with Crippen LogP contribution in [0.3, 0.4) is 0 Å². The van der Waals surface area contributed by atoms with E-state index in [0.29, 0.717) is 23.7 Å². The van der Waals surface area contributed by atoms with Gasteiger partial charge in [0.05, 0.1) is 52.4 Å². The summed E-state index contributed by atoms with van der Waals surface area (Å²) < 4.78 is 2.84. The van der Waals surface area contributed by atoms with Crippen molar-refractivity contribution in [1.82, 2.24) is 0 Å². The van der Waals surface area contributed by atoms with Gasteiger partial charge in [0.25, 0.3) is 0 Å². The quantitative estimate of drug-likeness (QED) is 0.0361. The summed E-state index contributed by atoms with van der Waals surface area (Å²) in [6, 6.07) is 31.3. The highest BCUT2D eigenvalue weighted by Crippen LogP contribution is 2.23. The number of hydrogen-bond acceptors (Lipinski definition) is 2. The van der Waals surface area contributed by atoms with E-state index in [-0.39, 0.29) is 32.4 Å². The minimum absolute atomic E-state index is 0. The first-order valence-electron chi connectivity index (χ1n) is 31.7. The highest BCUT2D eigenvalue weighted by molar-refractivity contribution is 6.00. The fourth-order valence-corrected chi connectivity index (χ4v) is 9.68. The van der Waals surface area contributed by atoms with Crippen molar-refractivity contribution in [3.63, 3.8) is 0 Å². The first-order chi connectivity index (χ1) is 37.4. The number of amides is 4. The second kappa shape index (κ2) is 49.5. The van der Waals surface area contributed by atoms with E-state index in [1.807, 2.05) is 97.1 Å². The summed E-state index contributed by atoms with van der Waals surface area (Å²) in [5, 5.41) is 11.4. The Kier molecular flexibility index (Phi) is 50.5. The summed E-state index contributed by atoms with van der Waals surface area (Å²) in [7, 11) is 0. The minimum atomic E-state index is -0.227. The molecule has 0 heterocycles. The van der Waals surface area contributed by atoms with Crippen LogP contribution in [-0.4, -0.2) is 84.3 Å². The van der Waals surface area contributed by atoms with Crippen LogP contribution in [0, 0.1) is 0 Å². The van der Waals surface area contributed by atoms with Crippen molar-refractivity contribution < 1.29 is 38.9 Å². The number of unbranched alkanes of at least 4 members (excludes halogenated alkanes) is 8. The molecule has 10 nitrogen and oxygen atoms in total. The molecular formula is C70H124F2N6O4. The topological polar surface area (TPSA) is 145 Å². The molecule has 0 saturated carbocycles. The molecule has 82 heavy (non-hydrogen) atoms. The second-order valence-electron chi connectivity index (χ2n) is 23.6. The molecule has 0 saturated heterocycles. The van der Waals surface area contributed by atoms with Crippen LogP contribution in [0.25, 0.3) is 0 Å². The number of carbonyl (C=O) groups is 2. The fraction of sp³-hybridized carbons (Fsp3) is 0.629. The van der Waals surface area contributed by atoms with Gasteiger partial charge < -0.3 is 50.6 Å². The van der Waals surface area contributed by atoms with Crippen molar-refractivity contribution in [3.8, 4) is 0 Å². The molecule has 8 N–H and O–H groups in total. The highest BCUT2D eigenvalue weighted by atomic mass is 19.0. The fourth-order valence-electron chi connectivity index (χ4n) is 9.68. The van der Waals surface area contributed by atoms with Crippen LogP contribution in [0.1, 0.15) is 259 Å². The van der Waals surface area contributed by atoms with Crippen LogP contribution >= 0.6 is 0 Å². The van der Waals surface area contributed by atoms with Gasteiger partial charge >= 0.3 is 12.1 Å². The van der Waals surface area contributed by atoms with E-state index in [4.69, 9.17) is 0 Å². The van der Waals surface area contributed by atoms with Crippen LogP contribution in [0.4, 0.5) is 32.3 Å². The van der Waals surface area contributed by atoms with Gasteiger partial charge in [0.15, 0.2) is 0 Å². The van der Waals surface area contributed by atoms with Gasteiger partial charge in [-0.25, -0.2) is 9.59 Å². The summed E-state index contributed by atoms with van der Waals surface area (Å²) in [4.78, 5) is 24.0. The third kappa shape index (κ3) is 36.0. The maximum Gasteiger partial charge on any atom is 0.323 e. The summed E-state index contributed by atoms with van der Waals surface area (Å²) in [6.07, 6.45) is 22.1. The molecular weight excluding hydrogens is 1030 g/mol. The average molecular weight is 1150 g/mol. The van der Waals surface area contributed by atoms with Gasteiger partial charge in [-0.3, -0.25) is 0 Å². The third-order valence-corrected chi connectivity index (χ3v) is 15.2. The van der Waals surface area contributed by atoms with Gasteiger partial charge in [-0.05, 0) is 146 Å². The van der Waals surface area contributed by atoms with Gasteiger partial charge in [0.2, 0.25) is 0 Å². The Labute approximate surface area is 501 Å². The molecule has 0 aliphatic rings. The van der Waals surface area contributed by atoms with Crippen LogP contribution < -0.4 is 30.7 Å². The van der Waals surface area contributed by atoms with E-state index in [9.17, 15) is 9.59 Å². The van der Waals surface area contributed by atoms with E-state index in [0.717, 1.165) is 22.7 Å². The van der Waals surface area contributed by atoms with Crippen molar-refractivity contribution >= 4 is 34.8 Å². The molecule has 4 aromatic carbocycles. The molecule has 4 rings (SSSR count). The number of quaternary nitrogens is 2. The molecule has 0 atom stereocenters. The molecule has 472 valence electrons.